The van der Waals surface area contributed by atoms with Crippen molar-refractivity contribution in [2.75, 3.05) is 0 Å². The lowest BCUT2D eigenvalue weighted by atomic mass is 9.98. The van der Waals surface area contributed by atoms with Gasteiger partial charge in [-0.25, -0.2) is 4.79 Å². The molecular formula is C15H17NO4S. The maximum atomic E-state index is 12.8. The van der Waals surface area contributed by atoms with Gasteiger partial charge < -0.3 is 9.64 Å². The SMILES string of the molecule is [2H]C1([2H])C(=O)N2[C@@H]1S(=O)[C@@](C)(C([2H])([2H])[2H])[C@@H]2C(=O)OCc1ccccc1. The summed E-state index contributed by atoms with van der Waals surface area (Å²) >= 11 is 0. The molecule has 3 rings (SSSR count). The summed E-state index contributed by atoms with van der Waals surface area (Å²) in [5.74, 6) is -2.06. The molecule has 6 heteroatoms. The topological polar surface area (TPSA) is 63.7 Å². The van der Waals surface area contributed by atoms with Gasteiger partial charge in [-0.1, -0.05) is 30.3 Å². The Hall–Kier alpha value is -1.69. The summed E-state index contributed by atoms with van der Waals surface area (Å²) in [6, 6.07) is 7.04. The monoisotopic (exact) mass is 312 g/mol. The van der Waals surface area contributed by atoms with Crippen LogP contribution in [0, 0.1) is 0 Å². The Morgan fingerprint density at radius 3 is 2.95 bits per heavy atom. The summed E-state index contributed by atoms with van der Waals surface area (Å²) in [5.41, 5.74) is 0.664. The first-order valence-electron chi connectivity index (χ1n) is 8.88. The normalized spacial score (nSPS) is 40.8. The molecule has 2 heterocycles. The number of ether oxygens (including phenoxy) is 1. The minimum Gasteiger partial charge on any atom is -0.459 e. The van der Waals surface area contributed by atoms with Crippen LogP contribution in [-0.2, 0) is 31.7 Å². The van der Waals surface area contributed by atoms with E-state index in [1.54, 1.807) is 30.3 Å². The van der Waals surface area contributed by atoms with Crippen molar-refractivity contribution in [1.29, 1.82) is 0 Å². The molecule has 21 heavy (non-hydrogen) atoms. The van der Waals surface area contributed by atoms with Gasteiger partial charge in [0.05, 0.1) is 21.9 Å². The van der Waals surface area contributed by atoms with E-state index in [0.717, 1.165) is 11.8 Å². The zero-order chi connectivity index (χ0) is 19.5. The van der Waals surface area contributed by atoms with E-state index in [9.17, 15) is 13.8 Å². The molecule has 0 aromatic heterocycles. The van der Waals surface area contributed by atoms with Crippen molar-refractivity contribution < 1.29 is 25.4 Å². The van der Waals surface area contributed by atoms with Gasteiger partial charge in [-0.05, 0) is 19.3 Å². The fourth-order valence-corrected chi connectivity index (χ4v) is 3.98. The molecule has 4 atom stereocenters. The highest BCUT2D eigenvalue weighted by molar-refractivity contribution is 7.87. The van der Waals surface area contributed by atoms with Crippen molar-refractivity contribution in [3.05, 3.63) is 35.9 Å². The van der Waals surface area contributed by atoms with E-state index in [1.807, 2.05) is 0 Å². The standard InChI is InChI=1S/C15H17NO4S/c1-15(2)13(16-11(17)8-12(16)21(15)19)14(18)20-9-10-6-4-3-5-7-10/h3-7,12-13H,8-9H2,1-2H3/t12-,13+,21?/m1/s1/i1D3,8D2/t12-,13+,15-,21?. The number of β-lactam (4-membered cyclic amide) rings is 1. The van der Waals surface area contributed by atoms with E-state index in [-0.39, 0.29) is 6.61 Å². The van der Waals surface area contributed by atoms with Crippen LogP contribution < -0.4 is 0 Å². The van der Waals surface area contributed by atoms with E-state index in [0.29, 0.717) is 5.56 Å². The molecule has 2 saturated heterocycles. The fraction of sp³-hybridized carbons (Fsp3) is 0.467. The second kappa shape index (κ2) is 4.94. The van der Waals surface area contributed by atoms with Crippen LogP contribution in [-0.4, -0.2) is 37.1 Å². The Labute approximate surface area is 132 Å². The first-order valence-corrected chi connectivity index (χ1v) is 7.59. The number of benzene rings is 1. The van der Waals surface area contributed by atoms with Gasteiger partial charge in [0.15, 0.2) is 0 Å². The number of hydrogen-bond acceptors (Lipinski definition) is 4. The number of fused-ring (bicyclic) bond motifs is 1. The summed E-state index contributed by atoms with van der Waals surface area (Å²) < 4.78 is 54.6. The van der Waals surface area contributed by atoms with E-state index in [2.05, 4.69) is 0 Å². The van der Waals surface area contributed by atoms with Crippen LogP contribution in [0.5, 0.6) is 0 Å². The summed E-state index contributed by atoms with van der Waals surface area (Å²) in [6.45, 7) is -1.88. The summed E-state index contributed by atoms with van der Waals surface area (Å²) in [5, 5.41) is -1.48. The minimum absolute atomic E-state index is 0.139. The van der Waals surface area contributed by atoms with E-state index in [1.165, 1.54) is 0 Å². The molecule has 0 spiro atoms. The van der Waals surface area contributed by atoms with Crippen molar-refractivity contribution >= 4 is 22.7 Å². The van der Waals surface area contributed by atoms with Gasteiger partial charge in [0.2, 0.25) is 5.91 Å². The second-order valence-electron chi connectivity index (χ2n) is 5.11. The maximum absolute atomic E-state index is 12.8. The van der Waals surface area contributed by atoms with Crippen molar-refractivity contribution in [2.45, 2.75) is 42.9 Å². The van der Waals surface area contributed by atoms with Crippen LogP contribution in [0.3, 0.4) is 0 Å². The molecule has 1 unspecified atom stereocenters. The number of carbonyl (C=O) groups excluding carboxylic acids is 2. The van der Waals surface area contributed by atoms with Crippen molar-refractivity contribution in [1.82, 2.24) is 4.90 Å². The Kier molecular flexibility index (Phi) is 2.20. The molecule has 1 amide bonds. The molecular weight excluding hydrogens is 290 g/mol. The van der Waals surface area contributed by atoms with Crippen LogP contribution in [0.4, 0.5) is 0 Å². The van der Waals surface area contributed by atoms with Gasteiger partial charge in [-0.2, -0.15) is 0 Å². The zero-order valence-corrected chi connectivity index (χ0v) is 12.1. The van der Waals surface area contributed by atoms with Crippen LogP contribution in [0.1, 0.15) is 32.6 Å². The molecule has 2 aliphatic heterocycles. The van der Waals surface area contributed by atoms with Crippen molar-refractivity contribution in [3.8, 4) is 0 Å². The Bertz CT molecular complexity index is 784. The minimum atomic E-state index is -2.86. The largest absolute Gasteiger partial charge is 0.459 e. The Morgan fingerprint density at radius 1 is 1.57 bits per heavy atom. The molecule has 2 aliphatic rings. The summed E-state index contributed by atoms with van der Waals surface area (Å²) in [6.07, 6.45) is -2.47. The third kappa shape index (κ3) is 2.18. The number of carbonyl (C=O) groups is 2. The molecule has 1 aromatic rings. The second-order valence-corrected chi connectivity index (χ2v) is 7.00. The first-order chi connectivity index (χ1) is 11.9. The number of amides is 1. The molecule has 0 saturated carbocycles. The average molecular weight is 312 g/mol. The molecule has 0 radical (unpaired) electrons. The molecule has 0 aliphatic carbocycles. The van der Waals surface area contributed by atoms with Gasteiger partial charge in [0.1, 0.15) is 18.0 Å². The zero-order valence-electron chi connectivity index (χ0n) is 16.2. The highest BCUT2D eigenvalue weighted by atomic mass is 32.2. The van der Waals surface area contributed by atoms with E-state index >= 15 is 0 Å². The predicted octanol–water partition coefficient (Wildman–Crippen LogP) is 1.20. The highest BCUT2D eigenvalue weighted by Crippen LogP contribution is 2.43. The fourth-order valence-electron chi connectivity index (χ4n) is 2.45. The van der Waals surface area contributed by atoms with Crippen LogP contribution >= 0.6 is 0 Å². The molecule has 2 fully saturated rings. The number of rotatable bonds is 3. The smallest absolute Gasteiger partial charge is 0.330 e. The van der Waals surface area contributed by atoms with Crippen LogP contribution in [0.15, 0.2) is 30.3 Å². The van der Waals surface area contributed by atoms with Crippen molar-refractivity contribution in [3.63, 3.8) is 0 Å². The quantitative estimate of drug-likeness (QED) is 0.621. The van der Waals surface area contributed by atoms with Crippen LogP contribution in [0.2, 0.25) is 0 Å². The summed E-state index contributed by atoms with van der Waals surface area (Å²) in [4.78, 5) is 25.6. The molecule has 0 N–H and O–H groups in total. The Morgan fingerprint density at radius 2 is 2.29 bits per heavy atom. The number of nitrogens with zero attached hydrogens (tertiary/aromatic N) is 1. The predicted molar refractivity (Wildman–Crippen MR) is 77.5 cm³/mol. The third-order valence-electron chi connectivity index (χ3n) is 3.60. The molecule has 0 bridgehead atoms. The van der Waals surface area contributed by atoms with Gasteiger partial charge >= 0.3 is 5.97 Å². The highest BCUT2D eigenvalue weighted by Gasteiger charge is 2.63. The number of hydrogen-bond donors (Lipinski definition) is 0. The lowest BCUT2D eigenvalue weighted by molar-refractivity contribution is -0.162. The molecule has 112 valence electrons. The molecule has 5 nitrogen and oxygen atoms in total. The van der Waals surface area contributed by atoms with Crippen molar-refractivity contribution in [2.24, 2.45) is 0 Å². The van der Waals surface area contributed by atoms with Gasteiger partial charge in [0.25, 0.3) is 0 Å². The van der Waals surface area contributed by atoms with Gasteiger partial charge in [-0.15, -0.1) is 0 Å². The number of esters is 1. The van der Waals surface area contributed by atoms with Gasteiger partial charge in [-0.3, -0.25) is 9.00 Å². The summed E-state index contributed by atoms with van der Waals surface area (Å²) in [7, 11) is -2.31. The average Bonchev–Trinajstić information content (AvgIpc) is 2.81. The maximum Gasteiger partial charge on any atom is 0.330 e. The van der Waals surface area contributed by atoms with E-state index in [4.69, 9.17) is 11.6 Å². The molecule has 1 aromatic carbocycles. The Balaban J connectivity index is 1.93. The third-order valence-corrected chi connectivity index (χ3v) is 5.41. The van der Waals surface area contributed by atoms with E-state index < -0.39 is 52.1 Å². The van der Waals surface area contributed by atoms with Crippen LogP contribution in [0.25, 0.3) is 0 Å². The lowest BCUT2D eigenvalue weighted by Gasteiger charge is -2.36. The van der Waals surface area contributed by atoms with Gasteiger partial charge in [0, 0.05) is 6.85 Å². The lowest BCUT2D eigenvalue weighted by Crippen LogP contribution is -2.57. The first kappa shape index (κ1) is 9.35.